The van der Waals surface area contributed by atoms with E-state index in [1.807, 2.05) is 24.3 Å². The van der Waals surface area contributed by atoms with Crippen LogP contribution in [0.5, 0.6) is 17.2 Å². The molecule has 1 amide bonds. The van der Waals surface area contributed by atoms with Gasteiger partial charge in [-0.15, -0.1) is 5.10 Å². The number of nitrogens with zero attached hydrogens (tertiary/aromatic N) is 3. The zero-order valence-electron chi connectivity index (χ0n) is 18.4. The molecule has 0 atom stereocenters. The fourth-order valence-corrected chi connectivity index (χ4v) is 3.53. The predicted octanol–water partition coefficient (Wildman–Crippen LogP) is 3.86. The summed E-state index contributed by atoms with van der Waals surface area (Å²) in [5.74, 6) is 0.422. The average molecular weight is 468 g/mol. The molecule has 0 saturated carbocycles. The predicted molar refractivity (Wildman–Crippen MR) is 127 cm³/mol. The molecule has 2 aromatic heterocycles. The highest BCUT2D eigenvalue weighted by molar-refractivity contribution is 5.96. The Labute approximate surface area is 199 Å². The van der Waals surface area contributed by atoms with Crippen molar-refractivity contribution in [3.05, 3.63) is 112 Å². The number of phenolic OH excluding ortho intramolecular Hbond substituents is 1. The van der Waals surface area contributed by atoms with E-state index in [9.17, 15) is 14.7 Å². The third-order valence-corrected chi connectivity index (χ3v) is 5.24. The molecular formula is C26H20N4O5. The van der Waals surface area contributed by atoms with Gasteiger partial charge in [-0.05, 0) is 42.0 Å². The fourth-order valence-electron chi connectivity index (χ4n) is 3.53. The fraction of sp³-hybridized carbons (Fsp3) is 0.0769. The molecule has 9 nitrogen and oxygen atoms in total. The summed E-state index contributed by atoms with van der Waals surface area (Å²) in [7, 11) is 0. The van der Waals surface area contributed by atoms with Crippen molar-refractivity contribution in [3.63, 3.8) is 0 Å². The van der Waals surface area contributed by atoms with Crippen LogP contribution >= 0.6 is 0 Å². The average Bonchev–Trinajstić information content (AvgIpc) is 3.31. The SMILES string of the molecule is O=C(NCc1cn(Cc2ccc(Oc3ccccc3)c(O)c2)nn1)c1cc2ccccc2oc1=O. The first-order valence-corrected chi connectivity index (χ1v) is 10.8. The summed E-state index contributed by atoms with van der Waals surface area (Å²) in [5, 5.41) is 21.8. The van der Waals surface area contributed by atoms with Gasteiger partial charge in [0.2, 0.25) is 0 Å². The van der Waals surface area contributed by atoms with Gasteiger partial charge in [0.15, 0.2) is 11.5 Å². The van der Waals surface area contributed by atoms with Crippen LogP contribution in [-0.4, -0.2) is 26.0 Å². The molecule has 174 valence electrons. The summed E-state index contributed by atoms with van der Waals surface area (Å²) in [6.07, 6.45) is 1.68. The Morgan fingerprint density at radius 2 is 1.83 bits per heavy atom. The molecular weight excluding hydrogens is 448 g/mol. The highest BCUT2D eigenvalue weighted by Crippen LogP contribution is 2.31. The summed E-state index contributed by atoms with van der Waals surface area (Å²) in [6, 6.07) is 22.8. The lowest BCUT2D eigenvalue weighted by molar-refractivity contribution is 0.0947. The molecule has 2 N–H and O–H groups in total. The van der Waals surface area contributed by atoms with Gasteiger partial charge in [0.1, 0.15) is 22.6 Å². The number of aromatic nitrogens is 3. The number of aromatic hydroxyl groups is 1. The van der Waals surface area contributed by atoms with Gasteiger partial charge in [-0.2, -0.15) is 0 Å². The van der Waals surface area contributed by atoms with E-state index in [0.29, 0.717) is 34.7 Å². The van der Waals surface area contributed by atoms with Gasteiger partial charge in [0.05, 0.1) is 19.3 Å². The van der Waals surface area contributed by atoms with Gasteiger partial charge in [-0.1, -0.05) is 47.7 Å². The number of phenols is 1. The first-order chi connectivity index (χ1) is 17.0. The van der Waals surface area contributed by atoms with E-state index in [0.717, 1.165) is 5.56 Å². The summed E-state index contributed by atoms with van der Waals surface area (Å²) in [6.45, 7) is 0.439. The van der Waals surface area contributed by atoms with Crippen LogP contribution in [0.1, 0.15) is 21.6 Å². The molecule has 5 rings (SSSR count). The highest BCUT2D eigenvalue weighted by Gasteiger charge is 2.14. The molecule has 0 aliphatic rings. The van der Waals surface area contributed by atoms with Crippen LogP contribution in [0.25, 0.3) is 11.0 Å². The van der Waals surface area contributed by atoms with E-state index >= 15 is 0 Å². The van der Waals surface area contributed by atoms with Crippen molar-refractivity contribution in [2.45, 2.75) is 13.1 Å². The number of hydrogen-bond acceptors (Lipinski definition) is 7. The van der Waals surface area contributed by atoms with Crippen molar-refractivity contribution in [2.24, 2.45) is 0 Å². The van der Waals surface area contributed by atoms with Crippen LogP contribution in [0.15, 0.2) is 94.3 Å². The van der Waals surface area contributed by atoms with Gasteiger partial charge < -0.3 is 19.6 Å². The van der Waals surface area contributed by atoms with Gasteiger partial charge in [-0.25, -0.2) is 9.48 Å². The molecule has 0 saturated heterocycles. The minimum Gasteiger partial charge on any atom is -0.504 e. The third-order valence-electron chi connectivity index (χ3n) is 5.24. The van der Waals surface area contributed by atoms with E-state index in [1.54, 1.807) is 59.4 Å². The smallest absolute Gasteiger partial charge is 0.349 e. The second kappa shape index (κ2) is 9.52. The van der Waals surface area contributed by atoms with Crippen LogP contribution in [-0.2, 0) is 13.1 Å². The normalized spacial score (nSPS) is 10.9. The number of rotatable bonds is 7. The number of para-hydroxylation sites is 2. The monoisotopic (exact) mass is 468 g/mol. The Balaban J connectivity index is 1.21. The van der Waals surface area contributed by atoms with Gasteiger partial charge in [0.25, 0.3) is 5.91 Å². The summed E-state index contributed by atoms with van der Waals surface area (Å²) in [5.41, 5.74) is 0.936. The highest BCUT2D eigenvalue weighted by atomic mass is 16.5. The molecule has 0 unspecified atom stereocenters. The Bertz CT molecular complexity index is 1560. The zero-order valence-corrected chi connectivity index (χ0v) is 18.4. The van der Waals surface area contributed by atoms with Gasteiger partial charge in [0, 0.05) is 5.39 Å². The maximum atomic E-state index is 12.5. The minimum absolute atomic E-state index is 0.00757. The van der Waals surface area contributed by atoms with E-state index in [1.165, 1.54) is 6.07 Å². The van der Waals surface area contributed by atoms with E-state index < -0.39 is 11.5 Å². The van der Waals surface area contributed by atoms with Crippen molar-refractivity contribution < 1.29 is 19.1 Å². The van der Waals surface area contributed by atoms with Gasteiger partial charge in [-0.3, -0.25) is 4.79 Å². The molecule has 9 heteroatoms. The van der Waals surface area contributed by atoms with E-state index in [-0.39, 0.29) is 17.9 Å². The minimum atomic E-state index is -0.704. The summed E-state index contributed by atoms with van der Waals surface area (Å²) in [4.78, 5) is 24.7. The Kier molecular flexibility index (Phi) is 5.96. The Morgan fingerprint density at radius 3 is 2.66 bits per heavy atom. The Morgan fingerprint density at radius 1 is 1.03 bits per heavy atom. The first kappa shape index (κ1) is 21.9. The quantitative estimate of drug-likeness (QED) is 0.348. The molecule has 35 heavy (non-hydrogen) atoms. The van der Waals surface area contributed by atoms with Crippen LogP contribution in [0.4, 0.5) is 0 Å². The van der Waals surface area contributed by atoms with Crippen molar-refractivity contribution in [2.75, 3.05) is 0 Å². The number of benzene rings is 3. The molecule has 0 aliphatic carbocycles. The Hall–Kier alpha value is -4.92. The van der Waals surface area contributed by atoms with Crippen molar-refractivity contribution >= 4 is 16.9 Å². The number of nitrogens with one attached hydrogen (secondary N) is 1. The standard InChI is InChI=1S/C26H20N4O5/c31-22-12-17(10-11-24(22)34-20-7-2-1-3-8-20)15-30-16-19(28-29-30)14-27-25(32)21-13-18-6-4-5-9-23(18)35-26(21)33/h1-13,16,31H,14-15H2,(H,27,32). The lowest BCUT2D eigenvalue weighted by Crippen LogP contribution is -2.28. The van der Waals surface area contributed by atoms with E-state index in [4.69, 9.17) is 9.15 Å². The summed E-state index contributed by atoms with van der Waals surface area (Å²) >= 11 is 0. The lowest BCUT2D eigenvalue weighted by Gasteiger charge is -2.09. The summed E-state index contributed by atoms with van der Waals surface area (Å²) < 4.78 is 12.5. The van der Waals surface area contributed by atoms with Crippen LogP contribution in [0.3, 0.4) is 0 Å². The maximum Gasteiger partial charge on any atom is 0.349 e. The topological polar surface area (TPSA) is 119 Å². The molecule has 3 aromatic carbocycles. The molecule has 0 radical (unpaired) electrons. The van der Waals surface area contributed by atoms with Crippen LogP contribution in [0.2, 0.25) is 0 Å². The molecule has 0 spiro atoms. The molecule has 5 aromatic rings. The number of hydrogen-bond donors (Lipinski definition) is 2. The number of ether oxygens (including phenoxy) is 1. The molecule has 2 heterocycles. The second-order valence-electron chi connectivity index (χ2n) is 7.79. The van der Waals surface area contributed by atoms with Crippen LogP contribution < -0.4 is 15.7 Å². The molecule has 0 aliphatic heterocycles. The number of amides is 1. The first-order valence-electron chi connectivity index (χ1n) is 10.8. The van der Waals surface area contributed by atoms with Crippen molar-refractivity contribution in [3.8, 4) is 17.2 Å². The van der Waals surface area contributed by atoms with Gasteiger partial charge >= 0.3 is 5.63 Å². The largest absolute Gasteiger partial charge is 0.504 e. The lowest BCUT2D eigenvalue weighted by atomic mass is 10.2. The third kappa shape index (κ3) is 5.03. The zero-order chi connectivity index (χ0) is 24.2. The maximum absolute atomic E-state index is 12.5. The van der Waals surface area contributed by atoms with Crippen molar-refractivity contribution in [1.29, 1.82) is 0 Å². The van der Waals surface area contributed by atoms with Crippen LogP contribution in [0, 0.1) is 0 Å². The second-order valence-corrected chi connectivity index (χ2v) is 7.79. The number of carbonyl (C=O) groups excluding carboxylic acids is 1. The molecule has 0 fully saturated rings. The number of carbonyl (C=O) groups is 1. The number of fused-ring (bicyclic) bond motifs is 1. The molecule has 0 bridgehead atoms. The van der Waals surface area contributed by atoms with E-state index in [2.05, 4.69) is 15.6 Å². The van der Waals surface area contributed by atoms with Crippen molar-refractivity contribution in [1.82, 2.24) is 20.3 Å².